The van der Waals surface area contributed by atoms with Gasteiger partial charge >= 0.3 is 12.2 Å². The van der Waals surface area contributed by atoms with Crippen molar-refractivity contribution in [2.75, 3.05) is 10.6 Å². The molecule has 0 saturated heterocycles. The van der Waals surface area contributed by atoms with Crippen molar-refractivity contribution < 1.29 is 27.8 Å². The minimum Gasteiger partial charge on any atom is -0.444 e. The summed E-state index contributed by atoms with van der Waals surface area (Å²) >= 11 is 0. The van der Waals surface area contributed by atoms with Gasteiger partial charge in [-0.15, -0.1) is 0 Å². The highest BCUT2D eigenvalue weighted by atomic mass is 19.1. The zero-order valence-corrected chi connectivity index (χ0v) is 19.2. The lowest BCUT2D eigenvalue weighted by Gasteiger charge is -2.19. The second-order valence-electron chi connectivity index (χ2n) is 8.30. The third kappa shape index (κ3) is 6.24. The molecule has 34 heavy (non-hydrogen) atoms. The molecule has 3 aromatic heterocycles. The van der Waals surface area contributed by atoms with Crippen LogP contribution in [0.3, 0.4) is 0 Å². The van der Waals surface area contributed by atoms with Crippen molar-refractivity contribution in [3.8, 4) is 11.3 Å². The summed E-state index contributed by atoms with van der Waals surface area (Å²) in [6.45, 7) is 6.65. The number of aryl methyl sites for hydroxylation is 1. The van der Waals surface area contributed by atoms with Gasteiger partial charge in [0, 0.05) is 7.05 Å². The Bertz CT molecular complexity index is 1190. The van der Waals surface area contributed by atoms with Gasteiger partial charge in [0.25, 0.3) is 0 Å². The third-order valence-electron chi connectivity index (χ3n) is 4.40. The molecule has 180 valence electrons. The Kier molecular flexibility index (Phi) is 7.08. The molecule has 0 radical (unpaired) electrons. The number of hydrogen-bond acceptors (Lipinski definition) is 7. The molecule has 3 rings (SSSR count). The van der Waals surface area contributed by atoms with E-state index in [1.165, 1.54) is 24.0 Å². The van der Waals surface area contributed by atoms with Crippen LogP contribution < -0.4 is 10.6 Å². The van der Waals surface area contributed by atoms with E-state index in [9.17, 15) is 18.4 Å². The largest absolute Gasteiger partial charge is 0.444 e. The molecule has 0 aliphatic carbocycles. The van der Waals surface area contributed by atoms with Crippen LogP contribution in [-0.2, 0) is 16.5 Å². The molecule has 12 heteroatoms. The Labute approximate surface area is 194 Å². The van der Waals surface area contributed by atoms with Gasteiger partial charge < -0.3 is 9.47 Å². The van der Waals surface area contributed by atoms with Gasteiger partial charge in [-0.25, -0.2) is 19.0 Å². The van der Waals surface area contributed by atoms with Gasteiger partial charge in [-0.2, -0.15) is 9.49 Å². The van der Waals surface area contributed by atoms with Crippen LogP contribution >= 0.6 is 0 Å². The maximum absolute atomic E-state index is 13.8. The predicted molar refractivity (Wildman–Crippen MR) is 119 cm³/mol. The summed E-state index contributed by atoms with van der Waals surface area (Å²) < 4.78 is 39.0. The van der Waals surface area contributed by atoms with Crippen LogP contribution in [0, 0.1) is 11.8 Å². The molecule has 0 spiro atoms. The standard InChI is InChI=1S/C22H24F2N6O4/c1-12(15-8-13(23)9-26-18(15)24)33-20(31)29-19-16(11-27-30(19)5)17-7-6-14(10-25-17)28-21(32)34-22(2,3)4/h6-12H,1-5H3,(H,28,32)(H,29,31)/t12-/m1/s1. The fraction of sp³-hybridized carbons (Fsp3) is 0.318. The SMILES string of the molecule is C[C@@H](OC(=O)Nc1c(-c2ccc(NC(=O)OC(C)(C)C)cn2)cnn1C)c1cc(F)cnc1F. The van der Waals surface area contributed by atoms with Gasteiger partial charge in [-0.1, -0.05) is 0 Å². The van der Waals surface area contributed by atoms with Gasteiger partial charge in [-0.3, -0.25) is 20.3 Å². The molecule has 0 saturated carbocycles. The summed E-state index contributed by atoms with van der Waals surface area (Å²) in [6, 6.07) is 4.15. The van der Waals surface area contributed by atoms with Crippen LogP contribution in [0.2, 0.25) is 0 Å². The Hall–Kier alpha value is -4.09. The fourth-order valence-corrected chi connectivity index (χ4v) is 2.90. The maximum Gasteiger partial charge on any atom is 0.413 e. The van der Waals surface area contributed by atoms with Crippen molar-refractivity contribution in [3.63, 3.8) is 0 Å². The monoisotopic (exact) mass is 474 g/mol. The third-order valence-corrected chi connectivity index (χ3v) is 4.40. The molecule has 2 amide bonds. The molecular weight excluding hydrogens is 450 g/mol. The zero-order chi connectivity index (χ0) is 25.0. The highest BCUT2D eigenvalue weighted by Gasteiger charge is 2.21. The number of carbonyl (C=O) groups is 2. The first kappa shape index (κ1) is 24.6. The first-order valence-electron chi connectivity index (χ1n) is 10.2. The van der Waals surface area contributed by atoms with Crippen molar-refractivity contribution in [3.05, 3.63) is 54.1 Å². The van der Waals surface area contributed by atoms with E-state index in [1.54, 1.807) is 40.0 Å². The molecule has 3 heterocycles. The van der Waals surface area contributed by atoms with Crippen LogP contribution in [0.25, 0.3) is 11.3 Å². The van der Waals surface area contributed by atoms with E-state index in [4.69, 9.17) is 9.47 Å². The number of nitrogens with zero attached hydrogens (tertiary/aromatic N) is 4. The quantitative estimate of drug-likeness (QED) is 0.509. The van der Waals surface area contributed by atoms with E-state index in [2.05, 4.69) is 25.7 Å². The topological polar surface area (TPSA) is 120 Å². The Morgan fingerprint density at radius 3 is 2.44 bits per heavy atom. The first-order chi connectivity index (χ1) is 15.9. The molecular formula is C22H24F2N6O4. The molecule has 0 fully saturated rings. The number of nitrogens with one attached hydrogen (secondary N) is 2. The molecule has 0 aliphatic rings. The van der Waals surface area contributed by atoms with Crippen LogP contribution in [0.15, 0.2) is 36.8 Å². The van der Waals surface area contributed by atoms with Crippen molar-refractivity contribution >= 4 is 23.7 Å². The highest BCUT2D eigenvalue weighted by Crippen LogP contribution is 2.28. The fourth-order valence-electron chi connectivity index (χ4n) is 2.90. The molecule has 1 atom stereocenters. The van der Waals surface area contributed by atoms with Crippen molar-refractivity contribution in [2.24, 2.45) is 7.05 Å². The van der Waals surface area contributed by atoms with Crippen LogP contribution in [0.1, 0.15) is 39.4 Å². The number of carbonyl (C=O) groups excluding carboxylic acids is 2. The van der Waals surface area contributed by atoms with E-state index in [0.29, 0.717) is 16.9 Å². The number of anilines is 2. The number of rotatable bonds is 5. The summed E-state index contributed by atoms with van der Waals surface area (Å²) in [5.41, 5.74) is 0.489. The van der Waals surface area contributed by atoms with Crippen LogP contribution in [0.5, 0.6) is 0 Å². The molecule has 2 N–H and O–H groups in total. The number of aromatic nitrogens is 4. The minimum atomic E-state index is -1.10. The highest BCUT2D eigenvalue weighted by molar-refractivity contribution is 5.89. The summed E-state index contributed by atoms with van der Waals surface area (Å²) in [5, 5.41) is 9.23. The van der Waals surface area contributed by atoms with Crippen molar-refractivity contribution in [1.29, 1.82) is 0 Å². The normalized spacial score (nSPS) is 12.1. The minimum absolute atomic E-state index is 0.199. The summed E-state index contributed by atoms with van der Waals surface area (Å²) in [4.78, 5) is 31.9. The smallest absolute Gasteiger partial charge is 0.413 e. The van der Waals surface area contributed by atoms with Crippen molar-refractivity contribution in [2.45, 2.75) is 39.4 Å². The van der Waals surface area contributed by atoms with E-state index in [0.717, 1.165) is 12.3 Å². The lowest BCUT2D eigenvalue weighted by Crippen LogP contribution is -2.27. The lowest BCUT2D eigenvalue weighted by molar-refractivity contribution is 0.0635. The Morgan fingerprint density at radius 1 is 1.06 bits per heavy atom. The molecule has 10 nitrogen and oxygen atoms in total. The Balaban J connectivity index is 1.70. The molecule has 3 aromatic rings. The summed E-state index contributed by atoms with van der Waals surface area (Å²) in [7, 11) is 1.59. The zero-order valence-electron chi connectivity index (χ0n) is 19.2. The average molecular weight is 474 g/mol. The van der Waals surface area contributed by atoms with E-state index >= 15 is 0 Å². The molecule has 0 bridgehead atoms. The second-order valence-corrected chi connectivity index (χ2v) is 8.30. The number of ether oxygens (including phenoxy) is 2. The van der Waals surface area contributed by atoms with Crippen molar-refractivity contribution in [1.82, 2.24) is 19.7 Å². The number of amides is 2. The predicted octanol–water partition coefficient (Wildman–Crippen LogP) is 4.81. The maximum atomic E-state index is 13.8. The number of halogens is 2. The van der Waals surface area contributed by atoms with Gasteiger partial charge in [-0.05, 0) is 45.9 Å². The molecule has 0 aliphatic heterocycles. The van der Waals surface area contributed by atoms with Gasteiger partial charge in [0.05, 0.1) is 41.1 Å². The van der Waals surface area contributed by atoms with E-state index in [1.807, 2.05) is 0 Å². The Morgan fingerprint density at radius 2 is 1.79 bits per heavy atom. The number of pyridine rings is 2. The summed E-state index contributed by atoms with van der Waals surface area (Å²) in [6.07, 6.45) is 1.01. The average Bonchev–Trinajstić information content (AvgIpc) is 3.09. The van der Waals surface area contributed by atoms with E-state index < -0.39 is 35.7 Å². The summed E-state index contributed by atoms with van der Waals surface area (Å²) in [5.74, 6) is -1.43. The molecule has 0 unspecified atom stereocenters. The molecule has 0 aromatic carbocycles. The van der Waals surface area contributed by atoms with E-state index in [-0.39, 0.29) is 11.4 Å². The van der Waals surface area contributed by atoms with Gasteiger partial charge in [0.15, 0.2) is 0 Å². The lowest BCUT2D eigenvalue weighted by atomic mass is 10.2. The first-order valence-corrected chi connectivity index (χ1v) is 10.2. The van der Waals surface area contributed by atoms with Gasteiger partial charge in [0.1, 0.15) is 23.3 Å². The van der Waals surface area contributed by atoms with Gasteiger partial charge in [0.2, 0.25) is 5.95 Å². The second kappa shape index (κ2) is 9.81. The van der Waals surface area contributed by atoms with Crippen LogP contribution in [0.4, 0.5) is 29.9 Å². The van der Waals surface area contributed by atoms with Crippen LogP contribution in [-0.4, -0.2) is 37.5 Å². The number of hydrogen-bond donors (Lipinski definition) is 2.